The second kappa shape index (κ2) is 3.49. The molecule has 0 radical (unpaired) electrons. The van der Waals surface area contributed by atoms with E-state index in [0.717, 1.165) is 11.0 Å². The van der Waals surface area contributed by atoms with Crippen molar-refractivity contribution in [2.75, 3.05) is 6.61 Å². The number of carbonyl (C=O) groups is 1. The van der Waals surface area contributed by atoms with Crippen LogP contribution < -0.4 is 0 Å². The quantitative estimate of drug-likeness (QED) is 0.691. The maximum atomic E-state index is 11.4. The molecule has 0 bridgehead atoms. The van der Waals surface area contributed by atoms with Gasteiger partial charge in [-0.25, -0.2) is 14.3 Å². The summed E-state index contributed by atoms with van der Waals surface area (Å²) >= 11 is 0. The van der Waals surface area contributed by atoms with Gasteiger partial charge in [0.2, 0.25) is 0 Å². The minimum Gasteiger partial charge on any atom is -0.449 e. The number of nitrogens with zero attached hydrogens (tertiary/aromatic N) is 2. The fourth-order valence-corrected chi connectivity index (χ4v) is 1.30. The number of carbonyl (C=O) groups excluding carboxylic acids is 1. The molecule has 2 rings (SSSR count). The Morgan fingerprint density at radius 1 is 1.50 bits per heavy atom. The highest BCUT2D eigenvalue weighted by atomic mass is 16.5. The van der Waals surface area contributed by atoms with Crippen molar-refractivity contribution in [1.82, 2.24) is 9.55 Å². The van der Waals surface area contributed by atoms with Crippen molar-refractivity contribution < 1.29 is 9.53 Å². The molecule has 0 atom stereocenters. The Morgan fingerprint density at radius 2 is 2.29 bits per heavy atom. The van der Waals surface area contributed by atoms with E-state index in [1.165, 1.54) is 10.9 Å². The van der Waals surface area contributed by atoms with Crippen LogP contribution in [-0.4, -0.2) is 22.3 Å². The summed E-state index contributed by atoms with van der Waals surface area (Å²) in [6, 6.07) is 7.43. The van der Waals surface area contributed by atoms with E-state index in [9.17, 15) is 4.79 Å². The first-order valence-electron chi connectivity index (χ1n) is 4.42. The molecule has 72 valence electrons. The number of hydrogen-bond donors (Lipinski definition) is 0. The summed E-state index contributed by atoms with van der Waals surface area (Å²) in [5.74, 6) is 0. The molecule has 0 aliphatic rings. The molecular weight excluding hydrogens is 180 g/mol. The van der Waals surface area contributed by atoms with E-state index >= 15 is 0 Å². The number of para-hydroxylation sites is 2. The van der Waals surface area contributed by atoms with Crippen LogP contribution in [0.15, 0.2) is 30.6 Å². The van der Waals surface area contributed by atoms with E-state index in [2.05, 4.69) is 4.98 Å². The minimum atomic E-state index is -0.388. The van der Waals surface area contributed by atoms with Crippen molar-refractivity contribution in [3.8, 4) is 0 Å². The van der Waals surface area contributed by atoms with Gasteiger partial charge in [0, 0.05) is 0 Å². The second-order valence-corrected chi connectivity index (χ2v) is 2.80. The van der Waals surface area contributed by atoms with Crippen LogP contribution in [0.5, 0.6) is 0 Å². The smallest absolute Gasteiger partial charge is 0.419 e. The molecule has 0 fully saturated rings. The third-order valence-corrected chi connectivity index (χ3v) is 1.92. The first-order chi connectivity index (χ1) is 6.83. The van der Waals surface area contributed by atoms with Crippen molar-refractivity contribution in [3.63, 3.8) is 0 Å². The van der Waals surface area contributed by atoms with Crippen molar-refractivity contribution in [3.05, 3.63) is 30.6 Å². The van der Waals surface area contributed by atoms with Gasteiger partial charge in [-0.3, -0.25) is 0 Å². The number of imidazole rings is 1. The lowest BCUT2D eigenvalue weighted by Gasteiger charge is -2.01. The normalized spacial score (nSPS) is 10.4. The van der Waals surface area contributed by atoms with Crippen LogP contribution in [0.25, 0.3) is 11.0 Å². The highest BCUT2D eigenvalue weighted by Crippen LogP contribution is 2.11. The molecule has 0 saturated carbocycles. The summed E-state index contributed by atoms with van der Waals surface area (Å²) in [7, 11) is 0. The first kappa shape index (κ1) is 8.74. The molecular formula is C10H10N2O2. The summed E-state index contributed by atoms with van der Waals surface area (Å²) in [5, 5.41) is 0. The molecule has 1 aromatic heterocycles. The maximum absolute atomic E-state index is 11.4. The summed E-state index contributed by atoms with van der Waals surface area (Å²) in [4.78, 5) is 15.5. The molecule has 1 aromatic carbocycles. The molecule has 0 amide bonds. The summed E-state index contributed by atoms with van der Waals surface area (Å²) in [5.41, 5.74) is 1.56. The molecule has 0 aliphatic carbocycles. The third kappa shape index (κ3) is 1.35. The number of aromatic nitrogens is 2. The Kier molecular flexibility index (Phi) is 2.18. The molecule has 0 spiro atoms. The maximum Gasteiger partial charge on any atom is 0.419 e. The predicted octanol–water partition coefficient (Wildman–Crippen LogP) is 2.04. The Hall–Kier alpha value is -1.84. The monoisotopic (exact) mass is 190 g/mol. The minimum absolute atomic E-state index is 0.366. The molecule has 1 heterocycles. The molecule has 2 aromatic rings. The predicted molar refractivity (Wildman–Crippen MR) is 52.2 cm³/mol. The molecule has 0 N–H and O–H groups in total. The van der Waals surface area contributed by atoms with Gasteiger partial charge in [-0.1, -0.05) is 12.1 Å². The van der Waals surface area contributed by atoms with E-state index in [1.54, 1.807) is 6.92 Å². The van der Waals surface area contributed by atoms with E-state index in [0.29, 0.717) is 6.61 Å². The van der Waals surface area contributed by atoms with Gasteiger partial charge in [0.05, 0.1) is 17.6 Å². The molecule has 14 heavy (non-hydrogen) atoms. The highest BCUT2D eigenvalue weighted by molar-refractivity contribution is 5.86. The van der Waals surface area contributed by atoms with Gasteiger partial charge in [0.1, 0.15) is 6.33 Å². The highest BCUT2D eigenvalue weighted by Gasteiger charge is 2.08. The molecule has 4 nitrogen and oxygen atoms in total. The largest absolute Gasteiger partial charge is 0.449 e. The number of hydrogen-bond acceptors (Lipinski definition) is 3. The zero-order chi connectivity index (χ0) is 9.97. The van der Waals surface area contributed by atoms with E-state index in [1.807, 2.05) is 24.3 Å². The van der Waals surface area contributed by atoms with Crippen LogP contribution in [-0.2, 0) is 4.74 Å². The second-order valence-electron chi connectivity index (χ2n) is 2.80. The third-order valence-electron chi connectivity index (χ3n) is 1.92. The summed E-state index contributed by atoms with van der Waals surface area (Å²) < 4.78 is 6.28. The van der Waals surface area contributed by atoms with Crippen LogP contribution >= 0.6 is 0 Å². The van der Waals surface area contributed by atoms with Crippen LogP contribution in [0.1, 0.15) is 6.92 Å². The molecule has 0 unspecified atom stereocenters. The van der Waals surface area contributed by atoms with E-state index in [4.69, 9.17) is 4.74 Å². The van der Waals surface area contributed by atoms with Crippen LogP contribution in [0.3, 0.4) is 0 Å². The van der Waals surface area contributed by atoms with Gasteiger partial charge >= 0.3 is 6.09 Å². The van der Waals surface area contributed by atoms with Gasteiger partial charge in [0.25, 0.3) is 0 Å². The average Bonchev–Trinajstić information content (AvgIpc) is 2.61. The van der Waals surface area contributed by atoms with Crippen molar-refractivity contribution in [1.29, 1.82) is 0 Å². The van der Waals surface area contributed by atoms with Gasteiger partial charge in [-0.05, 0) is 19.1 Å². The Labute approximate surface area is 81.1 Å². The van der Waals surface area contributed by atoms with E-state index in [-0.39, 0.29) is 6.09 Å². The number of rotatable bonds is 1. The SMILES string of the molecule is CCOC(=O)n1cnc2ccccc21. The number of ether oxygens (including phenoxy) is 1. The van der Waals surface area contributed by atoms with Gasteiger partial charge in [-0.15, -0.1) is 0 Å². The lowest BCUT2D eigenvalue weighted by molar-refractivity contribution is 0.155. The lowest BCUT2D eigenvalue weighted by Crippen LogP contribution is -2.11. The van der Waals surface area contributed by atoms with Gasteiger partial charge < -0.3 is 4.74 Å². The molecule has 4 heteroatoms. The summed E-state index contributed by atoms with van der Waals surface area (Å²) in [6.07, 6.45) is 1.09. The lowest BCUT2D eigenvalue weighted by atomic mass is 10.3. The Bertz CT molecular complexity index is 462. The van der Waals surface area contributed by atoms with Crippen LogP contribution in [0.2, 0.25) is 0 Å². The Balaban J connectivity index is 2.47. The van der Waals surface area contributed by atoms with Crippen molar-refractivity contribution in [2.24, 2.45) is 0 Å². The standard InChI is InChI=1S/C10H10N2O2/c1-2-14-10(13)12-7-11-8-5-3-4-6-9(8)12/h3-7H,2H2,1H3. The topological polar surface area (TPSA) is 44.1 Å². The Morgan fingerprint density at radius 3 is 3.07 bits per heavy atom. The van der Waals surface area contributed by atoms with Crippen LogP contribution in [0, 0.1) is 0 Å². The van der Waals surface area contributed by atoms with Crippen LogP contribution in [0.4, 0.5) is 4.79 Å². The number of fused-ring (bicyclic) bond motifs is 1. The van der Waals surface area contributed by atoms with Crippen molar-refractivity contribution in [2.45, 2.75) is 6.92 Å². The first-order valence-corrected chi connectivity index (χ1v) is 4.42. The fourth-order valence-electron chi connectivity index (χ4n) is 1.30. The average molecular weight is 190 g/mol. The van der Waals surface area contributed by atoms with Gasteiger partial charge in [-0.2, -0.15) is 0 Å². The van der Waals surface area contributed by atoms with Gasteiger partial charge in [0.15, 0.2) is 0 Å². The zero-order valence-electron chi connectivity index (χ0n) is 7.80. The molecule has 0 saturated heterocycles. The van der Waals surface area contributed by atoms with Crippen molar-refractivity contribution >= 4 is 17.1 Å². The number of benzene rings is 1. The fraction of sp³-hybridized carbons (Fsp3) is 0.200. The molecule has 0 aliphatic heterocycles. The summed E-state index contributed by atoms with van der Waals surface area (Å²) in [6.45, 7) is 2.14. The van der Waals surface area contributed by atoms with E-state index < -0.39 is 0 Å². The zero-order valence-corrected chi connectivity index (χ0v) is 7.80.